The molecule has 1 heterocycles. The lowest BCUT2D eigenvalue weighted by Crippen LogP contribution is -2.12. The number of rotatable bonds is 5. The first-order valence-corrected chi connectivity index (χ1v) is 8.02. The summed E-state index contributed by atoms with van der Waals surface area (Å²) in [5.41, 5.74) is 2.78. The van der Waals surface area contributed by atoms with E-state index >= 15 is 0 Å². The number of carbonyl (C=O) groups excluding carboxylic acids is 1. The zero-order valence-corrected chi connectivity index (χ0v) is 12.9. The molecule has 22 heavy (non-hydrogen) atoms. The van der Waals surface area contributed by atoms with Crippen LogP contribution < -0.4 is 0 Å². The minimum atomic E-state index is -0.114. The maximum absolute atomic E-state index is 12.7. The smallest absolute Gasteiger partial charge is 0.199 e. The number of thiophene rings is 1. The van der Waals surface area contributed by atoms with Crippen molar-refractivity contribution in [3.8, 4) is 0 Å². The van der Waals surface area contributed by atoms with Crippen molar-refractivity contribution in [3.05, 3.63) is 106 Å². The summed E-state index contributed by atoms with van der Waals surface area (Å²) in [6.07, 6.45) is 0. The summed E-state index contributed by atoms with van der Waals surface area (Å²) in [5, 5.41) is 1.92. The average molecular weight is 304 g/mol. The molecule has 1 aromatic heterocycles. The van der Waals surface area contributed by atoms with Crippen LogP contribution in [0.25, 0.3) is 0 Å². The molecular formula is C20H16OS. The lowest BCUT2D eigenvalue weighted by atomic mass is 9.83. The third-order valence-electron chi connectivity index (χ3n) is 3.65. The van der Waals surface area contributed by atoms with E-state index in [0.29, 0.717) is 5.57 Å². The SMILES string of the molecule is C=C(C(=O)c1cccs1)C(c1ccccc1)c1ccccc1. The maximum atomic E-state index is 12.7. The quantitative estimate of drug-likeness (QED) is 0.460. The van der Waals surface area contributed by atoms with Crippen LogP contribution in [0.5, 0.6) is 0 Å². The summed E-state index contributed by atoms with van der Waals surface area (Å²) in [7, 11) is 0. The predicted molar refractivity (Wildman–Crippen MR) is 92.5 cm³/mol. The molecule has 0 aliphatic rings. The highest BCUT2D eigenvalue weighted by Crippen LogP contribution is 2.33. The predicted octanol–water partition coefficient (Wildman–Crippen LogP) is 5.32. The summed E-state index contributed by atoms with van der Waals surface area (Å²) >= 11 is 1.46. The lowest BCUT2D eigenvalue weighted by Gasteiger charge is -2.19. The standard InChI is InChI=1S/C20H16OS/c1-15(20(21)18-13-8-14-22-18)19(16-9-4-2-5-10-16)17-11-6-3-7-12-17/h2-14,19H,1H2. The topological polar surface area (TPSA) is 17.1 Å². The van der Waals surface area contributed by atoms with Gasteiger partial charge in [0.25, 0.3) is 0 Å². The minimum absolute atomic E-state index is 0.0210. The molecule has 3 aromatic rings. The summed E-state index contributed by atoms with van der Waals surface area (Å²) in [5.74, 6) is -0.0929. The Morgan fingerprint density at radius 2 is 1.36 bits per heavy atom. The lowest BCUT2D eigenvalue weighted by molar-refractivity contribution is 0.103. The number of Topliss-reactive ketones (excluding diaryl/α,β-unsaturated/α-hetero) is 1. The fourth-order valence-corrected chi connectivity index (χ4v) is 3.28. The first-order valence-electron chi connectivity index (χ1n) is 7.14. The molecule has 0 bridgehead atoms. The second-order valence-corrected chi connectivity index (χ2v) is 6.03. The fourth-order valence-electron chi connectivity index (χ4n) is 2.58. The number of hydrogen-bond donors (Lipinski definition) is 0. The second-order valence-electron chi connectivity index (χ2n) is 5.09. The van der Waals surface area contributed by atoms with Crippen LogP contribution in [0.1, 0.15) is 26.7 Å². The summed E-state index contributed by atoms with van der Waals surface area (Å²) < 4.78 is 0. The Balaban J connectivity index is 2.03. The Hall–Kier alpha value is -2.45. The highest BCUT2D eigenvalue weighted by Gasteiger charge is 2.23. The van der Waals surface area contributed by atoms with Gasteiger partial charge in [-0.25, -0.2) is 0 Å². The maximum Gasteiger partial charge on any atom is 0.199 e. The molecule has 0 unspecified atom stereocenters. The average Bonchev–Trinajstić information content (AvgIpc) is 3.11. The van der Waals surface area contributed by atoms with Crippen LogP contribution >= 0.6 is 11.3 Å². The van der Waals surface area contributed by atoms with Gasteiger partial charge in [-0.1, -0.05) is 73.3 Å². The van der Waals surface area contributed by atoms with E-state index in [-0.39, 0.29) is 11.7 Å². The van der Waals surface area contributed by atoms with Crippen molar-refractivity contribution in [3.63, 3.8) is 0 Å². The molecule has 2 heteroatoms. The van der Waals surface area contributed by atoms with Gasteiger partial charge in [-0.05, 0) is 22.6 Å². The van der Waals surface area contributed by atoms with Gasteiger partial charge in [-0.3, -0.25) is 4.79 Å². The highest BCUT2D eigenvalue weighted by atomic mass is 32.1. The van der Waals surface area contributed by atoms with Crippen LogP contribution in [0.4, 0.5) is 0 Å². The number of allylic oxidation sites excluding steroid dienone is 1. The third kappa shape index (κ3) is 2.92. The van der Waals surface area contributed by atoms with Gasteiger partial charge in [0.2, 0.25) is 0 Å². The fraction of sp³-hybridized carbons (Fsp3) is 0.0500. The van der Waals surface area contributed by atoms with E-state index < -0.39 is 0 Å². The molecular weight excluding hydrogens is 288 g/mol. The Labute approximate surface area is 134 Å². The molecule has 0 saturated carbocycles. The van der Waals surface area contributed by atoms with Crippen LogP contribution in [-0.2, 0) is 0 Å². The molecule has 0 amide bonds. The van der Waals surface area contributed by atoms with E-state index in [4.69, 9.17) is 0 Å². The molecule has 2 aromatic carbocycles. The molecule has 0 saturated heterocycles. The van der Waals surface area contributed by atoms with E-state index in [1.54, 1.807) is 0 Å². The Bertz CT molecular complexity index is 718. The molecule has 108 valence electrons. The number of benzene rings is 2. The number of ketones is 1. The van der Waals surface area contributed by atoms with Crippen molar-refractivity contribution >= 4 is 17.1 Å². The largest absolute Gasteiger partial charge is 0.288 e. The van der Waals surface area contributed by atoms with E-state index in [2.05, 4.69) is 6.58 Å². The molecule has 0 spiro atoms. The Morgan fingerprint density at radius 3 is 1.82 bits per heavy atom. The number of carbonyl (C=O) groups is 1. The van der Waals surface area contributed by atoms with Crippen LogP contribution in [0.15, 0.2) is 90.3 Å². The van der Waals surface area contributed by atoms with Crippen LogP contribution in [0.2, 0.25) is 0 Å². The zero-order valence-electron chi connectivity index (χ0n) is 12.1. The van der Waals surface area contributed by atoms with E-state index in [9.17, 15) is 4.79 Å². The summed E-state index contributed by atoms with van der Waals surface area (Å²) in [6, 6.07) is 23.9. The molecule has 0 aliphatic carbocycles. The van der Waals surface area contributed by atoms with Crippen molar-refractivity contribution in [2.75, 3.05) is 0 Å². The summed E-state index contributed by atoms with van der Waals surface area (Å²) in [4.78, 5) is 13.4. The first-order chi connectivity index (χ1) is 10.8. The Kier molecular flexibility index (Phi) is 4.31. The van der Waals surface area contributed by atoms with Gasteiger partial charge >= 0.3 is 0 Å². The zero-order chi connectivity index (χ0) is 15.4. The monoisotopic (exact) mass is 304 g/mol. The summed E-state index contributed by atoms with van der Waals surface area (Å²) in [6.45, 7) is 4.12. The van der Waals surface area contributed by atoms with Crippen molar-refractivity contribution in [1.29, 1.82) is 0 Å². The molecule has 0 radical (unpaired) electrons. The van der Waals surface area contributed by atoms with E-state index in [1.807, 2.05) is 78.2 Å². The molecule has 0 N–H and O–H groups in total. The first kappa shape index (κ1) is 14.5. The normalized spacial score (nSPS) is 10.6. The van der Waals surface area contributed by atoms with Gasteiger partial charge in [-0.2, -0.15) is 0 Å². The van der Waals surface area contributed by atoms with Gasteiger partial charge in [0.15, 0.2) is 5.78 Å². The molecule has 3 rings (SSSR count). The van der Waals surface area contributed by atoms with Crippen molar-refractivity contribution in [1.82, 2.24) is 0 Å². The number of hydrogen-bond acceptors (Lipinski definition) is 2. The van der Waals surface area contributed by atoms with E-state index in [0.717, 1.165) is 16.0 Å². The second kappa shape index (κ2) is 6.54. The Morgan fingerprint density at radius 1 is 0.818 bits per heavy atom. The van der Waals surface area contributed by atoms with Crippen molar-refractivity contribution in [2.45, 2.75) is 5.92 Å². The van der Waals surface area contributed by atoms with Gasteiger partial charge < -0.3 is 0 Å². The minimum Gasteiger partial charge on any atom is -0.288 e. The van der Waals surface area contributed by atoms with Crippen LogP contribution in [0.3, 0.4) is 0 Å². The van der Waals surface area contributed by atoms with Crippen LogP contribution in [0, 0.1) is 0 Å². The van der Waals surface area contributed by atoms with Gasteiger partial charge in [0.05, 0.1) is 4.88 Å². The van der Waals surface area contributed by atoms with Gasteiger partial charge in [0, 0.05) is 11.5 Å². The molecule has 0 aliphatic heterocycles. The molecule has 0 atom stereocenters. The third-order valence-corrected chi connectivity index (χ3v) is 4.52. The van der Waals surface area contributed by atoms with E-state index in [1.165, 1.54) is 11.3 Å². The van der Waals surface area contributed by atoms with Crippen molar-refractivity contribution in [2.24, 2.45) is 0 Å². The van der Waals surface area contributed by atoms with Gasteiger partial charge in [-0.15, -0.1) is 11.3 Å². The van der Waals surface area contributed by atoms with Gasteiger partial charge in [0.1, 0.15) is 0 Å². The molecule has 0 fully saturated rings. The van der Waals surface area contributed by atoms with Crippen molar-refractivity contribution < 1.29 is 4.79 Å². The molecule has 1 nitrogen and oxygen atoms in total. The van der Waals surface area contributed by atoms with Crippen LogP contribution in [-0.4, -0.2) is 5.78 Å². The highest BCUT2D eigenvalue weighted by molar-refractivity contribution is 7.12.